The van der Waals surface area contributed by atoms with E-state index in [0.717, 1.165) is 9.36 Å². The van der Waals surface area contributed by atoms with E-state index in [1.807, 2.05) is 6.07 Å². The lowest BCUT2D eigenvalue weighted by atomic mass is 10.4. The van der Waals surface area contributed by atoms with Gasteiger partial charge in [-0.1, -0.05) is 11.6 Å². The van der Waals surface area contributed by atoms with E-state index in [2.05, 4.69) is 14.9 Å². The topological polar surface area (TPSA) is 94.7 Å². The molecule has 0 spiro atoms. The number of aryl methyl sites for hydroxylation is 1. The van der Waals surface area contributed by atoms with Crippen molar-refractivity contribution in [1.29, 1.82) is 5.26 Å². The van der Waals surface area contributed by atoms with Gasteiger partial charge in [0.1, 0.15) is 22.5 Å². The fourth-order valence-electron chi connectivity index (χ4n) is 1.43. The van der Waals surface area contributed by atoms with Crippen molar-refractivity contribution in [2.24, 2.45) is 7.05 Å². The summed E-state index contributed by atoms with van der Waals surface area (Å²) in [7, 11) is 1.37. The molecule has 0 bridgehead atoms. The monoisotopic (exact) mass is 288 g/mol. The minimum Gasteiger partial charge on any atom is -0.415 e. The highest BCUT2D eigenvalue weighted by molar-refractivity contribution is 6.33. The van der Waals surface area contributed by atoms with Gasteiger partial charge in [0.05, 0.1) is 6.20 Å². The number of hydrogen-bond donors (Lipinski definition) is 1. The Balaban J connectivity index is 2.52. The molecule has 2 aromatic rings. The molecule has 19 heavy (non-hydrogen) atoms. The number of hydrogen-bond acceptors (Lipinski definition) is 5. The number of nitrogens with two attached hydrogens (primary N) is 1. The van der Waals surface area contributed by atoms with Gasteiger partial charge in [0, 0.05) is 7.05 Å². The summed E-state index contributed by atoms with van der Waals surface area (Å²) < 4.78 is 30.8. The third-order valence-electron chi connectivity index (χ3n) is 2.25. The van der Waals surface area contributed by atoms with Gasteiger partial charge in [-0.3, -0.25) is 0 Å². The SMILES string of the molecule is Cn1nc(-n2ncc(C#N)c2N)c(Cl)c1OC(F)F. The van der Waals surface area contributed by atoms with E-state index in [9.17, 15) is 8.78 Å². The van der Waals surface area contributed by atoms with E-state index in [1.165, 1.54) is 13.2 Å². The third-order valence-corrected chi connectivity index (χ3v) is 2.58. The van der Waals surface area contributed by atoms with Gasteiger partial charge in [-0.05, 0) is 0 Å². The molecule has 0 fully saturated rings. The molecule has 0 unspecified atom stereocenters. The highest BCUT2D eigenvalue weighted by Crippen LogP contribution is 2.32. The van der Waals surface area contributed by atoms with E-state index in [4.69, 9.17) is 22.6 Å². The van der Waals surface area contributed by atoms with Crippen molar-refractivity contribution in [2.45, 2.75) is 6.61 Å². The second kappa shape index (κ2) is 4.74. The fraction of sp³-hybridized carbons (Fsp3) is 0.222. The molecule has 2 heterocycles. The van der Waals surface area contributed by atoms with Crippen LogP contribution in [0.5, 0.6) is 5.88 Å². The second-order valence-electron chi connectivity index (χ2n) is 3.41. The summed E-state index contributed by atoms with van der Waals surface area (Å²) in [6.45, 7) is -3.04. The molecule has 0 saturated heterocycles. The van der Waals surface area contributed by atoms with E-state index in [1.54, 1.807) is 0 Å². The lowest BCUT2D eigenvalue weighted by Crippen LogP contribution is -2.06. The molecule has 10 heteroatoms. The zero-order chi connectivity index (χ0) is 14.2. The fourth-order valence-corrected chi connectivity index (χ4v) is 1.71. The maximum atomic E-state index is 12.2. The van der Waals surface area contributed by atoms with E-state index in [-0.39, 0.29) is 28.1 Å². The lowest BCUT2D eigenvalue weighted by molar-refractivity contribution is -0.0552. The van der Waals surface area contributed by atoms with Crippen LogP contribution in [0.25, 0.3) is 5.82 Å². The number of anilines is 1. The highest BCUT2D eigenvalue weighted by Gasteiger charge is 2.22. The van der Waals surface area contributed by atoms with Crippen LogP contribution in [0.1, 0.15) is 5.56 Å². The average Bonchev–Trinajstić information content (AvgIpc) is 2.83. The summed E-state index contributed by atoms with van der Waals surface area (Å²) in [6, 6.07) is 1.82. The molecule has 2 aromatic heterocycles. The molecule has 2 N–H and O–H groups in total. The number of nitrogen functional groups attached to an aromatic ring is 1. The Morgan fingerprint density at radius 3 is 2.79 bits per heavy atom. The maximum absolute atomic E-state index is 12.2. The number of nitriles is 1. The smallest absolute Gasteiger partial charge is 0.388 e. The Labute approximate surface area is 110 Å². The van der Waals surface area contributed by atoms with Crippen LogP contribution in [0.3, 0.4) is 0 Å². The minimum atomic E-state index is -3.04. The Hall–Kier alpha value is -2.34. The molecule has 0 radical (unpaired) electrons. The largest absolute Gasteiger partial charge is 0.415 e. The zero-order valence-corrected chi connectivity index (χ0v) is 10.3. The zero-order valence-electron chi connectivity index (χ0n) is 9.51. The van der Waals surface area contributed by atoms with Gasteiger partial charge in [-0.2, -0.15) is 23.8 Å². The van der Waals surface area contributed by atoms with Gasteiger partial charge in [-0.15, -0.1) is 5.10 Å². The average molecular weight is 289 g/mol. The number of ether oxygens (including phenoxy) is 1. The summed E-state index contributed by atoms with van der Waals surface area (Å²) in [5, 5.41) is 16.3. The first-order chi connectivity index (χ1) is 8.95. The van der Waals surface area contributed by atoms with Crippen molar-refractivity contribution in [2.75, 3.05) is 5.73 Å². The van der Waals surface area contributed by atoms with Crippen molar-refractivity contribution in [3.63, 3.8) is 0 Å². The molecular formula is C9H7ClF2N6O. The van der Waals surface area contributed by atoms with E-state index >= 15 is 0 Å². The van der Waals surface area contributed by atoms with Gasteiger partial charge in [0.2, 0.25) is 5.88 Å². The Bertz CT molecular complexity index is 658. The molecule has 0 aliphatic carbocycles. The normalized spacial score (nSPS) is 10.7. The predicted molar refractivity (Wildman–Crippen MR) is 61.1 cm³/mol. The summed E-state index contributed by atoms with van der Waals surface area (Å²) in [4.78, 5) is 0. The molecule has 0 aliphatic heterocycles. The summed E-state index contributed by atoms with van der Waals surface area (Å²) in [5.74, 6) is -0.315. The van der Waals surface area contributed by atoms with Gasteiger partial charge >= 0.3 is 6.61 Å². The van der Waals surface area contributed by atoms with Crippen LogP contribution >= 0.6 is 11.6 Å². The Kier molecular flexibility index (Phi) is 3.26. The third kappa shape index (κ3) is 2.17. The van der Waals surface area contributed by atoms with Gasteiger partial charge in [-0.25, -0.2) is 4.68 Å². The number of aromatic nitrogens is 4. The van der Waals surface area contributed by atoms with Crippen LogP contribution in [0, 0.1) is 11.3 Å². The van der Waals surface area contributed by atoms with Crippen LogP contribution in [0.15, 0.2) is 6.20 Å². The Morgan fingerprint density at radius 2 is 2.26 bits per heavy atom. The first-order valence-electron chi connectivity index (χ1n) is 4.87. The number of rotatable bonds is 3. The van der Waals surface area contributed by atoms with E-state index < -0.39 is 6.61 Å². The summed E-state index contributed by atoms with van der Waals surface area (Å²) in [5.41, 5.74) is 5.78. The summed E-state index contributed by atoms with van der Waals surface area (Å²) in [6.07, 6.45) is 1.22. The second-order valence-corrected chi connectivity index (χ2v) is 3.79. The summed E-state index contributed by atoms with van der Waals surface area (Å²) >= 11 is 5.89. The minimum absolute atomic E-state index is 0.00110. The number of alkyl halides is 2. The van der Waals surface area contributed by atoms with Gasteiger partial charge in [0.25, 0.3) is 0 Å². The van der Waals surface area contributed by atoms with Crippen molar-refractivity contribution in [3.05, 3.63) is 16.8 Å². The molecule has 0 amide bonds. The molecule has 7 nitrogen and oxygen atoms in total. The number of nitrogens with zero attached hydrogens (tertiary/aromatic N) is 5. The lowest BCUT2D eigenvalue weighted by Gasteiger charge is -2.03. The van der Waals surface area contributed by atoms with E-state index in [0.29, 0.717) is 0 Å². The van der Waals surface area contributed by atoms with Crippen molar-refractivity contribution < 1.29 is 13.5 Å². The number of halogens is 3. The highest BCUT2D eigenvalue weighted by atomic mass is 35.5. The van der Waals surface area contributed by atoms with Gasteiger partial charge in [0.15, 0.2) is 5.82 Å². The quantitative estimate of drug-likeness (QED) is 0.919. The predicted octanol–water partition coefficient (Wildman–Crippen LogP) is 1.31. The molecular weight excluding hydrogens is 282 g/mol. The molecule has 0 atom stereocenters. The molecule has 0 saturated carbocycles. The van der Waals surface area contributed by atoms with Crippen molar-refractivity contribution in [1.82, 2.24) is 19.6 Å². The maximum Gasteiger partial charge on any atom is 0.388 e. The Morgan fingerprint density at radius 1 is 1.58 bits per heavy atom. The molecule has 100 valence electrons. The van der Waals surface area contributed by atoms with Crippen molar-refractivity contribution in [3.8, 4) is 17.8 Å². The first-order valence-corrected chi connectivity index (χ1v) is 5.24. The first kappa shape index (κ1) is 13.1. The standard InChI is InChI=1S/C9H7ClF2N6O/c1-17-8(19-9(11)12)5(10)7(16-17)18-6(14)4(2-13)3-15-18/h3,9H,14H2,1H3. The molecule has 0 aromatic carbocycles. The van der Waals surface area contributed by atoms with Crippen LogP contribution in [0.4, 0.5) is 14.6 Å². The molecule has 0 aliphatic rings. The van der Waals surface area contributed by atoms with Crippen LogP contribution in [-0.4, -0.2) is 26.2 Å². The van der Waals surface area contributed by atoms with Crippen LogP contribution in [0.2, 0.25) is 5.02 Å². The molecule has 2 rings (SSSR count). The van der Waals surface area contributed by atoms with Crippen LogP contribution < -0.4 is 10.5 Å². The van der Waals surface area contributed by atoms with Gasteiger partial charge < -0.3 is 10.5 Å². The van der Waals surface area contributed by atoms with Crippen molar-refractivity contribution >= 4 is 17.4 Å². The van der Waals surface area contributed by atoms with Crippen LogP contribution in [-0.2, 0) is 7.05 Å².